The fourth-order valence-corrected chi connectivity index (χ4v) is 1.36. The van der Waals surface area contributed by atoms with Gasteiger partial charge < -0.3 is 14.9 Å². The maximum absolute atomic E-state index is 11.1. The molecule has 98 valence electrons. The highest BCUT2D eigenvalue weighted by molar-refractivity contribution is 5.73. The molecular formula is C12H15NO5. The normalized spacial score (nSPS) is 13.7. The molecule has 2 N–H and O–H groups in total. The predicted octanol–water partition coefficient (Wildman–Crippen LogP) is 0.242. The maximum atomic E-state index is 11.1. The van der Waals surface area contributed by atoms with Crippen molar-refractivity contribution < 1.29 is 24.5 Å². The van der Waals surface area contributed by atoms with E-state index in [1.807, 2.05) is 0 Å². The molecule has 0 aliphatic heterocycles. The first-order valence-corrected chi connectivity index (χ1v) is 5.51. The summed E-state index contributed by atoms with van der Waals surface area (Å²) in [6.45, 7) is 1.87. The number of aldehydes is 1. The largest absolute Gasteiger partial charge is 0.466 e. The van der Waals surface area contributed by atoms with E-state index in [1.165, 1.54) is 18.3 Å². The Hall–Kier alpha value is -1.79. The number of carbonyl (C=O) groups is 2. The molecule has 1 aromatic heterocycles. The summed E-state index contributed by atoms with van der Waals surface area (Å²) in [5.74, 6) is -0.589. The van der Waals surface area contributed by atoms with Gasteiger partial charge in [-0.3, -0.25) is 14.6 Å². The Balaban J connectivity index is 2.64. The second kappa shape index (κ2) is 6.83. The van der Waals surface area contributed by atoms with Crippen molar-refractivity contribution in [2.75, 3.05) is 6.61 Å². The predicted molar refractivity (Wildman–Crippen MR) is 61.8 cm³/mol. The average Bonchev–Trinajstić information content (AvgIpc) is 2.38. The zero-order valence-electron chi connectivity index (χ0n) is 9.94. The van der Waals surface area contributed by atoms with Gasteiger partial charge in [0.25, 0.3) is 0 Å². The van der Waals surface area contributed by atoms with Gasteiger partial charge in [0.1, 0.15) is 6.10 Å². The van der Waals surface area contributed by atoms with Crippen molar-refractivity contribution in [2.24, 2.45) is 0 Å². The number of hydrogen-bond donors (Lipinski definition) is 2. The lowest BCUT2D eigenvalue weighted by Crippen LogP contribution is -2.23. The molecule has 0 fully saturated rings. The van der Waals surface area contributed by atoms with Crippen LogP contribution in [-0.2, 0) is 9.53 Å². The minimum atomic E-state index is -1.30. The number of nitrogens with zero attached hydrogens (tertiary/aromatic N) is 1. The van der Waals surface area contributed by atoms with Crippen LogP contribution in [0.1, 0.15) is 35.5 Å². The van der Waals surface area contributed by atoms with E-state index in [0.717, 1.165) is 0 Å². The first-order chi connectivity index (χ1) is 8.58. The Morgan fingerprint density at radius 3 is 2.72 bits per heavy atom. The number of ether oxygens (including phenoxy) is 1. The Bertz CT molecular complexity index is 403. The summed E-state index contributed by atoms with van der Waals surface area (Å²) >= 11 is 0. The van der Waals surface area contributed by atoms with Crippen LogP contribution < -0.4 is 0 Å². The molecule has 0 bridgehead atoms. The molecule has 1 aromatic rings. The van der Waals surface area contributed by atoms with Crippen molar-refractivity contribution in [3.8, 4) is 0 Å². The number of aliphatic hydroxyl groups excluding tert-OH is 2. The van der Waals surface area contributed by atoms with Crippen LogP contribution in [0, 0.1) is 0 Å². The summed E-state index contributed by atoms with van der Waals surface area (Å²) in [6, 6.07) is 2.89. The van der Waals surface area contributed by atoms with Gasteiger partial charge in [0.05, 0.1) is 24.8 Å². The molecule has 0 aliphatic rings. The van der Waals surface area contributed by atoms with Crippen molar-refractivity contribution in [1.29, 1.82) is 0 Å². The number of esters is 1. The summed E-state index contributed by atoms with van der Waals surface area (Å²) in [4.78, 5) is 25.4. The van der Waals surface area contributed by atoms with Crippen molar-refractivity contribution in [3.63, 3.8) is 0 Å². The number of carbonyl (C=O) groups excluding carboxylic acids is 2. The third kappa shape index (κ3) is 3.90. The van der Waals surface area contributed by atoms with Crippen molar-refractivity contribution in [2.45, 2.75) is 25.6 Å². The van der Waals surface area contributed by atoms with Gasteiger partial charge in [-0.1, -0.05) is 0 Å². The molecule has 0 aliphatic carbocycles. The minimum absolute atomic E-state index is 0.192. The van der Waals surface area contributed by atoms with E-state index in [4.69, 9.17) is 0 Å². The Kier molecular flexibility index (Phi) is 5.41. The van der Waals surface area contributed by atoms with Crippen LogP contribution in [0.3, 0.4) is 0 Å². The van der Waals surface area contributed by atoms with Crippen molar-refractivity contribution in [3.05, 3.63) is 29.6 Å². The number of hydrogen-bond acceptors (Lipinski definition) is 6. The van der Waals surface area contributed by atoms with Gasteiger partial charge in [-0.25, -0.2) is 0 Å². The smallest absolute Gasteiger partial charge is 0.308 e. The molecule has 0 amide bonds. The van der Waals surface area contributed by atoms with E-state index in [1.54, 1.807) is 6.92 Å². The molecule has 0 saturated carbocycles. The molecule has 0 spiro atoms. The summed E-state index contributed by atoms with van der Waals surface area (Å²) in [5.41, 5.74) is 0.559. The van der Waals surface area contributed by atoms with Crippen LogP contribution in [-0.4, -0.2) is 40.2 Å². The number of pyridine rings is 1. The molecule has 18 heavy (non-hydrogen) atoms. The molecule has 6 heteroatoms. The fourth-order valence-electron chi connectivity index (χ4n) is 1.36. The second-order valence-electron chi connectivity index (χ2n) is 3.66. The summed E-state index contributed by atoms with van der Waals surface area (Å²) in [7, 11) is 0. The van der Waals surface area contributed by atoms with Crippen LogP contribution in [0.4, 0.5) is 0 Å². The summed E-state index contributed by atoms with van der Waals surface area (Å²) in [6.07, 6.45) is -0.999. The molecule has 0 saturated heterocycles. The van der Waals surface area contributed by atoms with E-state index in [-0.39, 0.29) is 18.7 Å². The van der Waals surface area contributed by atoms with E-state index in [9.17, 15) is 19.8 Å². The number of rotatable bonds is 6. The van der Waals surface area contributed by atoms with Gasteiger partial charge in [-0.2, -0.15) is 0 Å². The van der Waals surface area contributed by atoms with Crippen molar-refractivity contribution in [1.82, 2.24) is 4.98 Å². The van der Waals surface area contributed by atoms with Gasteiger partial charge >= 0.3 is 5.97 Å². The van der Waals surface area contributed by atoms with Crippen LogP contribution in [0.25, 0.3) is 0 Å². The molecule has 2 unspecified atom stereocenters. The number of aliphatic hydroxyl groups is 2. The Morgan fingerprint density at radius 1 is 1.50 bits per heavy atom. The lowest BCUT2D eigenvalue weighted by molar-refractivity contribution is -0.147. The van der Waals surface area contributed by atoms with Gasteiger partial charge in [0.2, 0.25) is 0 Å². The van der Waals surface area contributed by atoms with Crippen molar-refractivity contribution >= 4 is 12.3 Å². The molecule has 2 atom stereocenters. The first kappa shape index (κ1) is 14.3. The van der Waals surface area contributed by atoms with Crippen LogP contribution in [0.5, 0.6) is 0 Å². The molecule has 1 rings (SSSR count). The second-order valence-corrected chi connectivity index (χ2v) is 3.66. The van der Waals surface area contributed by atoms with Gasteiger partial charge in [-0.15, -0.1) is 0 Å². The van der Waals surface area contributed by atoms with Crippen LogP contribution >= 0.6 is 0 Å². The lowest BCUT2D eigenvalue weighted by Gasteiger charge is -2.16. The lowest BCUT2D eigenvalue weighted by atomic mass is 10.1. The molecule has 0 aromatic carbocycles. The van der Waals surface area contributed by atoms with Gasteiger partial charge in [0.15, 0.2) is 6.29 Å². The SMILES string of the molecule is CCOC(=O)CC(O)C(O)c1ccc(C=O)cn1. The standard InChI is InChI=1S/C12H15NO5/c1-2-18-11(16)5-10(15)12(17)9-4-3-8(7-14)6-13-9/h3-4,6-7,10,12,15,17H,2,5H2,1H3. The van der Waals surface area contributed by atoms with E-state index < -0.39 is 18.2 Å². The van der Waals surface area contributed by atoms with Crippen LogP contribution in [0.2, 0.25) is 0 Å². The average molecular weight is 253 g/mol. The summed E-state index contributed by atoms with van der Waals surface area (Å²) < 4.78 is 4.66. The first-order valence-electron chi connectivity index (χ1n) is 5.51. The topological polar surface area (TPSA) is 96.7 Å². The zero-order valence-corrected chi connectivity index (χ0v) is 9.94. The quantitative estimate of drug-likeness (QED) is 0.557. The fraction of sp³-hybridized carbons (Fsp3) is 0.417. The minimum Gasteiger partial charge on any atom is -0.466 e. The Morgan fingerprint density at radius 2 is 2.22 bits per heavy atom. The molecule has 6 nitrogen and oxygen atoms in total. The number of aromatic nitrogens is 1. The Labute approximate surface area is 104 Å². The highest BCUT2D eigenvalue weighted by Gasteiger charge is 2.23. The molecule has 1 heterocycles. The highest BCUT2D eigenvalue weighted by atomic mass is 16.5. The van der Waals surface area contributed by atoms with E-state index >= 15 is 0 Å². The maximum Gasteiger partial charge on any atom is 0.308 e. The zero-order chi connectivity index (χ0) is 13.5. The van der Waals surface area contributed by atoms with Crippen LogP contribution in [0.15, 0.2) is 18.3 Å². The monoisotopic (exact) mass is 253 g/mol. The third-order valence-electron chi connectivity index (χ3n) is 2.29. The highest BCUT2D eigenvalue weighted by Crippen LogP contribution is 2.17. The van der Waals surface area contributed by atoms with E-state index in [0.29, 0.717) is 11.8 Å². The van der Waals surface area contributed by atoms with Gasteiger partial charge in [0, 0.05) is 11.8 Å². The third-order valence-corrected chi connectivity index (χ3v) is 2.29. The van der Waals surface area contributed by atoms with Gasteiger partial charge in [-0.05, 0) is 19.1 Å². The molecular weight excluding hydrogens is 238 g/mol. The summed E-state index contributed by atoms with van der Waals surface area (Å²) in [5, 5.41) is 19.4. The molecule has 0 radical (unpaired) electrons. The van der Waals surface area contributed by atoms with E-state index in [2.05, 4.69) is 9.72 Å².